The molecule has 0 saturated heterocycles. The number of carbonyl (C=O) groups is 2. The van der Waals surface area contributed by atoms with Crippen LogP contribution in [0.15, 0.2) is 0 Å². The minimum Gasteiger partial charge on any atom is -0.462 e. The molecule has 10 heteroatoms. The van der Waals surface area contributed by atoms with Gasteiger partial charge in [0.05, 0.1) is 52.9 Å². The molecule has 0 fully saturated rings. The van der Waals surface area contributed by atoms with Crippen molar-refractivity contribution in [1.29, 1.82) is 0 Å². The summed E-state index contributed by atoms with van der Waals surface area (Å²) in [6, 6.07) is 0. The summed E-state index contributed by atoms with van der Waals surface area (Å²) in [5, 5.41) is 0. The van der Waals surface area contributed by atoms with Crippen LogP contribution in [0.2, 0.25) is 0 Å². The molecule has 0 radical (unpaired) electrons. The number of esters is 2. The largest absolute Gasteiger partial charge is 0.462 e. The van der Waals surface area contributed by atoms with Gasteiger partial charge in [0.15, 0.2) is 0 Å². The van der Waals surface area contributed by atoms with Gasteiger partial charge >= 0.3 is 11.9 Å². The molecule has 0 aromatic carbocycles. The van der Waals surface area contributed by atoms with Crippen LogP contribution in [0, 0.1) is 0 Å². The van der Waals surface area contributed by atoms with Crippen molar-refractivity contribution in [2.24, 2.45) is 0 Å². The molecule has 0 aromatic rings. The molecule has 0 aliphatic carbocycles. The lowest BCUT2D eigenvalue weighted by atomic mass is 10.0. The van der Waals surface area contributed by atoms with Crippen LogP contribution in [0.3, 0.4) is 0 Å². The number of unbranched alkanes of at least 4 members (excludes halogenated alkanes) is 28. The molecule has 0 aliphatic heterocycles. The van der Waals surface area contributed by atoms with Crippen LogP contribution < -0.4 is 0 Å². The van der Waals surface area contributed by atoms with Gasteiger partial charge in [0.25, 0.3) is 0 Å². The van der Waals surface area contributed by atoms with Gasteiger partial charge in [0.2, 0.25) is 0 Å². The molecule has 1 unspecified atom stereocenters. The minimum absolute atomic E-state index is 0.00414. The van der Waals surface area contributed by atoms with Crippen molar-refractivity contribution in [2.45, 2.75) is 310 Å². The summed E-state index contributed by atoms with van der Waals surface area (Å²) in [5.41, 5.74) is 0. The first-order chi connectivity index (χ1) is 35.0. The van der Waals surface area contributed by atoms with Gasteiger partial charge in [-0.25, -0.2) is 0 Å². The van der Waals surface area contributed by atoms with Crippen molar-refractivity contribution >= 4 is 11.9 Å². The quantitative estimate of drug-likeness (QED) is 0.0432. The lowest BCUT2D eigenvalue weighted by Crippen LogP contribution is -2.27. The van der Waals surface area contributed by atoms with Gasteiger partial charge in [0.1, 0.15) is 18.3 Å². The van der Waals surface area contributed by atoms with E-state index >= 15 is 0 Å². The second kappa shape index (κ2) is 59.6. The second-order valence-corrected chi connectivity index (χ2v) is 20.5. The Labute approximate surface area is 440 Å². The zero-order valence-corrected chi connectivity index (χ0v) is 47.9. The Morgan fingerprint density at radius 3 is 0.958 bits per heavy atom. The average molecular weight is 1010 g/mol. The van der Waals surface area contributed by atoms with E-state index in [0.717, 1.165) is 89.9 Å². The molecule has 0 saturated carbocycles. The lowest BCUT2D eigenvalue weighted by Gasteiger charge is -2.19. The smallest absolute Gasteiger partial charge is 0.306 e. The zero-order valence-electron chi connectivity index (χ0n) is 47.9. The van der Waals surface area contributed by atoms with Gasteiger partial charge in [0, 0.05) is 32.7 Å². The van der Waals surface area contributed by atoms with Crippen LogP contribution in [0.5, 0.6) is 0 Å². The third-order valence-electron chi connectivity index (χ3n) is 13.6. The van der Waals surface area contributed by atoms with Crippen LogP contribution in [0.25, 0.3) is 0 Å². The highest BCUT2D eigenvalue weighted by molar-refractivity contribution is 5.69. The summed E-state index contributed by atoms with van der Waals surface area (Å²) >= 11 is 0. The third-order valence-corrected chi connectivity index (χ3v) is 13.6. The predicted molar refractivity (Wildman–Crippen MR) is 297 cm³/mol. The molecule has 0 aliphatic rings. The van der Waals surface area contributed by atoms with Crippen LogP contribution in [0.1, 0.15) is 291 Å². The van der Waals surface area contributed by atoms with Gasteiger partial charge in [-0.15, -0.1) is 0 Å². The highest BCUT2D eigenvalue weighted by Gasteiger charge is 2.16. The summed E-state index contributed by atoms with van der Waals surface area (Å²) in [5.74, 6) is -0.0111. The first kappa shape index (κ1) is 69.7. The normalized spacial score (nSPS) is 12.2. The van der Waals surface area contributed by atoms with Gasteiger partial charge in [-0.3, -0.25) is 9.59 Å². The monoisotopic (exact) mass is 1010 g/mol. The van der Waals surface area contributed by atoms with Crippen molar-refractivity contribution < 1.29 is 47.5 Å². The molecule has 10 nitrogen and oxygen atoms in total. The van der Waals surface area contributed by atoms with Crippen molar-refractivity contribution in [3.05, 3.63) is 0 Å². The Balaban J connectivity index is 4.58. The molecule has 0 spiro atoms. The number of ether oxygens (including phenoxy) is 8. The van der Waals surface area contributed by atoms with E-state index in [1.807, 2.05) is 6.92 Å². The summed E-state index contributed by atoms with van der Waals surface area (Å²) < 4.78 is 47.0. The van der Waals surface area contributed by atoms with Crippen molar-refractivity contribution in [3.8, 4) is 0 Å². The Bertz CT molecular complexity index is 1010. The number of carbonyl (C=O) groups excluding carboxylic acids is 2. The molecule has 0 heterocycles. The summed E-state index contributed by atoms with van der Waals surface area (Å²) in [4.78, 5) is 25.7. The summed E-state index contributed by atoms with van der Waals surface area (Å²) in [6.45, 7) is 17.3. The predicted octanol–water partition coefficient (Wildman–Crippen LogP) is 17.0. The van der Waals surface area contributed by atoms with E-state index in [1.54, 1.807) is 0 Å². The van der Waals surface area contributed by atoms with Crippen LogP contribution in [-0.2, 0) is 47.5 Å². The van der Waals surface area contributed by atoms with E-state index in [0.29, 0.717) is 85.5 Å². The summed E-state index contributed by atoms with van der Waals surface area (Å²) in [7, 11) is 0. The van der Waals surface area contributed by atoms with Gasteiger partial charge < -0.3 is 37.9 Å². The molecular weight excluding hydrogens is 893 g/mol. The molecule has 0 rings (SSSR count). The van der Waals surface area contributed by atoms with E-state index in [4.69, 9.17) is 37.9 Å². The topological polar surface area (TPSA) is 108 Å². The van der Waals surface area contributed by atoms with Crippen molar-refractivity contribution in [2.75, 3.05) is 72.7 Å². The standard InChI is InChI=1S/C61H120O10/c1-6-11-15-19-25-33-41-57(42-34-26-20-16-12-7-2)70-60(62)45-37-29-23-31-39-47-67-55-59(56-68-54-53-66-52-51-65-50-49-64-10-5)69-48-40-32-24-30-38-46-61(63)71-58(43-35-27-21-17-13-8-3)44-36-28-22-18-14-9-4/h57-59H,6-56H2,1-5H3. The molecular formula is C61H120O10. The van der Waals surface area contributed by atoms with Crippen LogP contribution >= 0.6 is 0 Å². The van der Waals surface area contributed by atoms with Gasteiger partial charge in [-0.1, -0.05) is 195 Å². The fraction of sp³-hybridized carbons (Fsp3) is 0.967. The Hall–Kier alpha value is -1.30. The van der Waals surface area contributed by atoms with E-state index in [9.17, 15) is 9.59 Å². The van der Waals surface area contributed by atoms with Gasteiger partial charge in [-0.2, -0.15) is 0 Å². The van der Waals surface area contributed by atoms with Gasteiger partial charge in [-0.05, 0) is 84.0 Å². The van der Waals surface area contributed by atoms with Crippen molar-refractivity contribution in [3.63, 3.8) is 0 Å². The number of rotatable bonds is 61. The van der Waals surface area contributed by atoms with Crippen molar-refractivity contribution in [1.82, 2.24) is 0 Å². The first-order valence-electron chi connectivity index (χ1n) is 30.9. The maximum Gasteiger partial charge on any atom is 0.306 e. The number of hydrogen-bond donors (Lipinski definition) is 0. The fourth-order valence-electron chi connectivity index (χ4n) is 9.05. The molecule has 424 valence electrons. The zero-order chi connectivity index (χ0) is 51.6. The van der Waals surface area contributed by atoms with Crippen LogP contribution in [0.4, 0.5) is 0 Å². The molecule has 0 amide bonds. The van der Waals surface area contributed by atoms with Crippen LogP contribution in [-0.4, -0.2) is 103 Å². The molecule has 71 heavy (non-hydrogen) atoms. The summed E-state index contributed by atoms with van der Waals surface area (Å²) in [6.07, 6.45) is 45.8. The highest BCUT2D eigenvalue weighted by atomic mass is 16.6. The molecule has 0 N–H and O–H groups in total. The van der Waals surface area contributed by atoms with E-state index in [2.05, 4.69) is 27.7 Å². The maximum absolute atomic E-state index is 12.9. The first-order valence-corrected chi connectivity index (χ1v) is 30.9. The maximum atomic E-state index is 12.9. The third kappa shape index (κ3) is 54.8. The number of hydrogen-bond acceptors (Lipinski definition) is 10. The SMILES string of the molecule is CCCCCCCCC(CCCCCCCC)OC(=O)CCCCCCCOCC(COCCOCCOCCOCC)OCCCCCCCC(=O)OC(CCCCCCCC)CCCCCCCC. The second-order valence-electron chi connectivity index (χ2n) is 20.5. The van der Waals surface area contributed by atoms with E-state index in [1.165, 1.54) is 154 Å². The average Bonchev–Trinajstić information content (AvgIpc) is 3.37. The highest BCUT2D eigenvalue weighted by Crippen LogP contribution is 2.20. The Morgan fingerprint density at radius 2 is 0.577 bits per heavy atom. The van der Waals surface area contributed by atoms with E-state index in [-0.39, 0.29) is 30.3 Å². The Kier molecular flexibility index (Phi) is 58.5. The molecule has 0 bridgehead atoms. The fourth-order valence-corrected chi connectivity index (χ4v) is 9.05. The lowest BCUT2D eigenvalue weighted by molar-refractivity contribution is -0.151. The minimum atomic E-state index is -0.135. The Morgan fingerprint density at radius 1 is 0.282 bits per heavy atom. The van der Waals surface area contributed by atoms with E-state index < -0.39 is 0 Å². The molecule has 0 aromatic heterocycles. The molecule has 1 atom stereocenters.